The molecule has 11 heteroatoms. The highest BCUT2D eigenvalue weighted by Crippen LogP contribution is 2.36. The summed E-state index contributed by atoms with van der Waals surface area (Å²) in [7, 11) is 0. The van der Waals surface area contributed by atoms with Crippen LogP contribution in [0.25, 0.3) is 0 Å². The van der Waals surface area contributed by atoms with Crippen LogP contribution in [0.5, 0.6) is 0 Å². The first-order valence-corrected chi connectivity index (χ1v) is 19.4. The highest BCUT2D eigenvalue weighted by atomic mass is 16.2. The first kappa shape index (κ1) is 43.9. The zero-order chi connectivity index (χ0) is 38.6. The Labute approximate surface area is 307 Å². The minimum atomic E-state index is -1.03. The quantitative estimate of drug-likeness (QED) is 0.0776. The molecule has 2 rings (SSSR count). The Bertz CT molecular complexity index is 1230. The van der Waals surface area contributed by atoms with E-state index in [1.807, 2.05) is 55.4 Å². The Morgan fingerprint density at radius 3 is 2.08 bits per heavy atom. The minimum Gasteiger partial charge on any atom is -0.346 e. The Hall–Kier alpha value is -3.24. The lowest BCUT2D eigenvalue weighted by Crippen LogP contribution is -2.63. The molecule has 5 amide bonds. The molecule has 0 spiro atoms. The van der Waals surface area contributed by atoms with E-state index in [9.17, 15) is 28.8 Å². The molecule has 2 fully saturated rings. The first-order chi connectivity index (χ1) is 23.8. The zero-order valence-corrected chi connectivity index (χ0v) is 33.2. The second-order valence-electron chi connectivity index (χ2n) is 17.4. The van der Waals surface area contributed by atoms with E-state index in [2.05, 4.69) is 34.8 Å². The van der Waals surface area contributed by atoms with Crippen LogP contribution < -0.4 is 21.3 Å². The predicted molar refractivity (Wildman–Crippen MR) is 202 cm³/mol. The number of ketones is 2. The molecule has 0 aromatic carbocycles. The lowest BCUT2D eigenvalue weighted by atomic mass is 9.74. The molecule has 290 valence electrons. The largest absolute Gasteiger partial charge is 0.346 e. The molecule has 1 saturated carbocycles. The van der Waals surface area contributed by atoms with Gasteiger partial charge < -0.3 is 26.2 Å². The van der Waals surface area contributed by atoms with Crippen molar-refractivity contribution in [3.8, 4) is 0 Å². The normalized spacial score (nSPS) is 20.2. The molecule has 1 aliphatic heterocycles. The number of rotatable bonds is 18. The average molecular weight is 716 g/mol. The molecule has 0 aromatic rings. The number of Topliss-reactive ketones (excluding diaryl/α,β-unsaturated/α-hetero) is 2. The van der Waals surface area contributed by atoms with Crippen LogP contribution in [0.4, 0.5) is 4.79 Å². The van der Waals surface area contributed by atoms with Crippen molar-refractivity contribution in [1.82, 2.24) is 26.2 Å². The van der Waals surface area contributed by atoms with Gasteiger partial charge in [0.15, 0.2) is 0 Å². The van der Waals surface area contributed by atoms with Crippen molar-refractivity contribution in [3.63, 3.8) is 0 Å². The third kappa shape index (κ3) is 13.0. The third-order valence-corrected chi connectivity index (χ3v) is 10.6. The Balaban J connectivity index is 2.35. The second kappa shape index (κ2) is 19.6. The summed E-state index contributed by atoms with van der Waals surface area (Å²) in [5.41, 5.74) is -1.95. The van der Waals surface area contributed by atoms with Gasteiger partial charge in [0.05, 0.1) is 6.04 Å². The SMILES string of the molecule is C=CCNC(=O)C(=O)C(CCCCCCC)NC(=O)[C@@H]1[C@@H](C(C)C)CCN1C(=O)[C@@H](NC(=O)NC1(CC(=O)C(C)(C)C)CCCCC1)C(C)(C)C. The maximum atomic E-state index is 14.5. The van der Waals surface area contributed by atoms with Crippen molar-refractivity contribution in [1.29, 1.82) is 0 Å². The molecular weight excluding hydrogens is 646 g/mol. The van der Waals surface area contributed by atoms with Gasteiger partial charge in [-0.1, -0.05) is 120 Å². The molecule has 11 nitrogen and oxygen atoms in total. The molecule has 0 aromatic heterocycles. The molecular formula is C40H69N5O6. The summed E-state index contributed by atoms with van der Waals surface area (Å²) >= 11 is 0. The van der Waals surface area contributed by atoms with Crippen molar-refractivity contribution >= 4 is 35.3 Å². The molecule has 4 N–H and O–H groups in total. The fourth-order valence-electron chi connectivity index (χ4n) is 7.36. The van der Waals surface area contributed by atoms with Crippen LogP contribution in [-0.2, 0) is 24.0 Å². The van der Waals surface area contributed by atoms with E-state index in [0.29, 0.717) is 38.6 Å². The summed E-state index contributed by atoms with van der Waals surface area (Å²) in [5.74, 6) is -2.41. The number of unbranched alkanes of at least 4 members (excludes halogenated alkanes) is 4. The number of urea groups is 1. The smallest absolute Gasteiger partial charge is 0.315 e. The van der Waals surface area contributed by atoms with E-state index in [1.165, 1.54) is 6.08 Å². The Kier molecular flexibility index (Phi) is 16.8. The van der Waals surface area contributed by atoms with E-state index in [1.54, 1.807) is 4.90 Å². The van der Waals surface area contributed by atoms with Gasteiger partial charge in [-0.25, -0.2) is 4.79 Å². The van der Waals surface area contributed by atoms with Crippen LogP contribution in [0, 0.1) is 22.7 Å². The van der Waals surface area contributed by atoms with E-state index in [-0.39, 0.29) is 36.5 Å². The predicted octanol–water partition coefficient (Wildman–Crippen LogP) is 6.00. The molecule has 1 aliphatic carbocycles. The first-order valence-electron chi connectivity index (χ1n) is 19.4. The van der Waals surface area contributed by atoms with Gasteiger partial charge in [0.25, 0.3) is 5.91 Å². The van der Waals surface area contributed by atoms with Crippen molar-refractivity contribution in [2.45, 2.75) is 169 Å². The van der Waals surface area contributed by atoms with E-state index >= 15 is 0 Å². The molecule has 1 saturated heterocycles. The number of amides is 5. The van der Waals surface area contributed by atoms with Gasteiger partial charge in [-0.2, -0.15) is 0 Å². The number of carbonyl (C=O) groups is 6. The molecule has 2 aliphatic rings. The number of likely N-dealkylation sites (tertiary alicyclic amines) is 1. The topological polar surface area (TPSA) is 154 Å². The van der Waals surface area contributed by atoms with Gasteiger partial charge >= 0.3 is 6.03 Å². The molecule has 51 heavy (non-hydrogen) atoms. The van der Waals surface area contributed by atoms with Gasteiger partial charge in [0, 0.05) is 30.5 Å². The standard InChI is InChI=1S/C40H69N5O6/c1-11-13-14-15-17-20-29(32(47)35(49)41-24-12-2)42-34(48)31-28(27(3)4)21-25-45(31)36(50)33(39(8,9)10)43-37(51)44-40(22-18-16-19-23-40)26-30(46)38(5,6)7/h12,27-29,31,33H,2,11,13-26H2,1,3-10H3,(H,41,49)(H,42,48)(H2,43,44,51)/t28-,29?,31+,33-/m1/s1. The summed E-state index contributed by atoms with van der Waals surface area (Å²) in [5, 5.41) is 11.5. The van der Waals surface area contributed by atoms with E-state index in [0.717, 1.165) is 44.9 Å². The number of hydrogen-bond donors (Lipinski definition) is 4. The number of carbonyl (C=O) groups excluding carboxylic acids is 6. The average Bonchev–Trinajstić information content (AvgIpc) is 3.50. The highest BCUT2D eigenvalue weighted by molar-refractivity contribution is 6.38. The molecule has 1 unspecified atom stereocenters. The lowest BCUT2D eigenvalue weighted by Gasteiger charge is -2.41. The van der Waals surface area contributed by atoms with Gasteiger partial charge in [0.1, 0.15) is 17.9 Å². The lowest BCUT2D eigenvalue weighted by molar-refractivity contribution is -0.144. The fourth-order valence-corrected chi connectivity index (χ4v) is 7.36. The summed E-state index contributed by atoms with van der Waals surface area (Å²) in [6.07, 6.45) is 11.5. The van der Waals surface area contributed by atoms with Crippen LogP contribution in [0.3, 0.4) is 0 Å². The van der Waals surface area contributed by atoms with Crippen molar-refractivity contribution in [3.05, 3.63) is 12.7 Å². The summed E-state index contributed by atoms with van der Waals surface area (Å²) < 4.78 is 0. The minimum absolute atomic E-state index is 0.0495. The zero-order valence-electron chi connectivity index (χ0n) is 33.2. The molecule has 1 heterocycles. The van der Waals surface area contributed by atoms with Gasteiger partial charge in [-0.15, -0.1) is 6.58 Å². The third-order valence-electron chi connectivity index (χ3n) is 10.6. The number of nitrogens with zero attached hydrogens (tertiary/aromatic N) is 1. The van der Waals surface area contributed by atoms with Crippen LogP contribution in [0.15, 0.2) is 12.7 Å². The maximum absolute atomic E-state index is 14.5. The summed E-state index contributed by atoms with van der Waals surface area (Å²) in [6.45, 7) is 21.4. The van der Waals surface area contributed by atoms with Crippen molar-refractivity contribution in [2.75, 3.05) is 13.1 Å². The van der Waals surface area contributed by atoms with Crippen molar-refractivity contribution in [2.24, 2.45) is 22.7 Å². The van der Waals surface area contributed by atoms with Gasteiger partial charge in [0.2, 0.25) is 17.6 Å². The summed E-state index contributed by atoms with van der Waals surface area (Å²) in [6, 6.07) is -3.39. The number of hydrogen-bond acceptors (Lipinski definition) is 6. The second-order valence-corrected chi connectivity index (χ2v) is 17.4. The maximum Gasteiger partial charge on any atom is 0.315 e. The van der Waals surface area contributed by atoms with Gasteiger partial charge in [-0.3, -0.25) is 24.0 Å². The van der Waals surface area contributed by atoms with E-state index < -0.39 is 58.1 Å². The monoisotopic (exact) mass is 716 g/mol. The van der Waals surface area contributed by atoms with Gasteiger partial charge in [-0.05, 0) is 42.9 Å². The fraction of sp³-hybridized carbons (Fsp3) is 0.800. The van der Waals surface area contributed by atoms with Crippen LogP contribution in [0.1, 0.15) is 146 Å². The summed E-state index contributed by atoms with van der Waals surface area (Å²) in [4.78, 5) is 83.2. The van der Waals surface area contributed by atoms with Crippen molar-refractivity contribution < 1.29 is 28.8 Å². The molecule has 0 radical (unpaired) electrons. The van der Waals surface area contributed by atoms with E-state index in [4.69, 9.17) is 0 Å². The van der Waals surface area contributed by atoms with Crippen LogP contribution in [0.2, 0.25) is 0 Å². The molecule has 4 atom stereocenters. The number of nitrogens with one attached hydrogen (secondary N) is 4. The Morgan fingerprint density at radius 2 is 1.53 bits per heavy atom. The Morgan fingerprint density at radius 1 is 0.902 bits per heavy atom. The molecule has 0 bridgehead atoms. The highest BCUT2D eigenvalue weighted by Gasteiger charge is 2.48. The van der Waals surface area contributed by atoms with Crippen LogP contribution in [-0.4, -0.2) is 77.0 Å². The van der Waals surface area contributed by atoms with Crippen LogP contribution >= 0.6 is 0 Å².